The number of para-hydroxylation sites is 1. The van der Waals surface area contributed by atoms with E-state index in [2.05, 4.69) is 137 Å². The third-order valence-corrected chi connectivity index (χ3v) is 12.5. The third kappa shape index (κ3) is 5.67. The number of fused-ring (bicyclic) bond motifs is 9. The maximum atomic E-state index is 8.82. The van der Waals surface area contributed by atoms with Crippen molar-refractivity contribution in [2.24, 2.45) is 6.98 Å². The van der Waals surface area contributed by atoms with Crippen LogP contribution in [0.4, 0.5) is 17.1 Å². The first-order valence-electron chi connectivity index (χ1n) is 23.5. The summed E-state index contributed by atoms with van der Waals surface area (Å²) in [5.74, 6) is 1.15. The average Bonchev–Trinajstić information content (AvgIpc) is 3.90. The van der Waals surface area contributed by atoms with Crippen LogP contribution >= 0.6 is 0 Å². The average molecular weight is 775 g/mol. The number of benzene rings is 5. The van der Waals surface area contributed by atoms with E-state index in [-0.39, 0.29) is 28.3 Å². The fraction of sp³-hybridized carbons (Fsp3) is 0.377. The molecule has 3 aliphatic rings. The van der Waals surface area contributed by atoms with Crippen molar-refractivity contribution in [2.75, 3.05) is 23.4 Å². The largest absolute Gasteiger partial charge is 0.458 e. The summed E-state index contributed by atoms with van der Waals surface area (Å²) >= 11 is 0. The monoisotopic (exact) mass is 775 g/mol. The van der Waals surface area contributed by atoms with E-state index in [0.717, 1.165) is 27.1 Å². The Bertz CT molecular complexity index is 2790. The van der Waals surface area contributed by atoms with E-state index in [1.807, 2.05) is 42.5 Å². The van der Waals surface area contributed by atoms with Crippen molar-refractivity contribution in [1.82, 2.24) is 4.57 Å². The fourth-order valence-corrected chi connectivity index (χ4v) is 9.60. The number of ether oxygens (including phenoxy) is 1. The summed E-state index contributed by atoms with van der Waals surface area (Å²) in [5.41, 5.74) is 13.7. The second-order valence-corrected chi connectivity index (χ2v) is 20.7. The summed E-state index contributed by atoms with van der Waals surface area (Å²) in [7, 11) is 0. The molecular formula is C53H60N4O. The standard InChI is InChI=1S/C53H60N4O/c1-49(2,3)33-25-38-39-26-34(50(4,5)6)28-43(52(10,11)12)47(39)53(46(38)42(27-33)51(7,8)9)40-22-21-37(58-36-18-15-17-35(29-36)56-24-23-54(13)31-56)30-45(40)57-32-55(14)44-20-16-19-41(53)48(44)57/h15-30H,32H2,1-14H3/i13D3,14D3. The molecule has 6 aromatic rings. The molecule has 1 aromatic heterocycles. The van der Waals surface area contributed by atoms with Gasteiger partial charge in [-0.15, -0.1) is 0 Å². The summed E-state index contributed by atoms with van der Waals surface area (Å²) in [6, 6.07) is 29.9. The van der Waals surface area contributed by atoms with Crippen molar-refractivity contribution in [2.45, 2.75) is 110 Å². The molecule has 0 fully saturated rings. The van der Waals surface area contributed by atoms with E-state index in [1.165, 1.54) is 50.7 Å². The first kappa shape index (κ1) is 31.7. The molecule has 58 heavy (non-hydrogen) atoms. The van der Waals surface area contributed by atoms with Gasteiger partial charge in [-0.25, -0.2) is 0 Å². The topological polar surface area (TPSA) is 24.5 Å². The summed E-state index contributed by atoms with van der Waals surface area (Å²) in [6.07, 6.45) is 6.04. The second kappa shape index (κ2) is 12.4. The van der Waals surface area contributed by atoms with Gasteiger partial charge in [-0.1, -0.05) is 138 Å². The van der Waals surface area contributed by atoms with Crippen molar-refractivity contribution >= 4 is 17.1 Å². The molecule has 1 aliphatic carbocycles. The van der Waals surface area contributed by atoms with Crippen LogP contribution in [0.25, 0.3) is 16.8 Å². The van der Waals surface area contributed by atoms with Gasteiger partial charge in [0, 0.05) is 29.5 Å². The summed E-state index contributed by atoms with van der Waals surface area (Å²) in [4.78, 5) is 3.74. The van der Waals surface area contributed by atoms with E-state index in [9.17, 15) is 0 Å². The number of aryl methyl sites for hydroxylation is 1. The lowest BCUT2D eigenvalue weighted by Crippen LogP contribution is -2.40. The molecule has 3 heterocycles. The van der Waals surface area contributed by atoms with Gasteiger partial charge < -0.3 is 23.7 Å². The first-order chi connectivity index (χ1) is 29.5. The van der Waals surface area contributed by atoms with Gasteiger partial charge in [-0.05, 0) is 102 Å². The van der Waals surface area contributed by atoms with E-state index in [1.54, 1.807) is 15.7 Å². The Kier molecular flexibility index (Phi) is 6.75. The number of anilines is 3. The Morgan fingerprint density at radius 3 is 1.84 bits per heavy atom. The Morgan fingerprint density at radius 1 is 0.655 bits per heavy atom. The molecule has 298 valence electrons. The molecule has 0 amide bonds. The minimum atomic E-state index is -2.40. The van der Waals surface area contributed by atoms with Crippen molar-refractivity contribution in [3.8, 4) is 28.3 Å². The highest BCUT2D eigenvalue weighted by atomic mass is 16.5. The predicted molar refractivity (Wildman–Crippen MR) is 240 cm³/mol. The lowest BCUT2D eigenvalue weighted by molar-refractivity contribution is -0.674. The summed E-state index contributed by atoms with van der Waals surface area (Å²) < 4.78 is 59.4. The van der Waals surface area contributed by atoms with Crippen molar-refractivity contribution in [1.29, 1.82) is 0 Å². The molecule has 2 aliphatic heterocycles. The maximum absolute atomic E-state index is 8.82. The van der Waals surface area contributed by atoms with Gasteiger partial charge in [0.05, 0.1) is 45.9 Å². The van der Waals surface area contributed by atoms with Gasteiger partial charge >= 0.3 is 0 Å². The third-order valence-electron chi connectivity index (χ3n) is 12.5. The number of rotatable bonds is 3. The second-order valence-electron chi connectivity index (χ2n) is 20.7. The molecule has 5 nitrogen and oxygen atoms in total. The van der Waals surface area contributed by atoms with Gasteiger partial charge in [0.2, 0.25) is 6.33 Å². The molecule has 0 saturated heterocycles. The zero-order valence-corrected chi connectivity index (χ0v) is 36.1. The zero-order valence-electron chi connectivity index (χ0n) is 42.1. The molecule has 0 saturated carbocycles. The zero-order chi connectivity index (χ0) is 46.5. The smallest absolute Gasteiger partial charge is 0.243 e. The van der Waals surface area contributed by atoms with Crippen LogP contribution in [0, 0.1) is 6.33 Å². The first-order valence-corrected chi connectivity index (χ1v) is 20.5. The van der Waals surface area contributed by atoms with Gasteiger partial charge in [-0.2, -0.15) is 0 Å². The van der Waals surface area contributed by atoms with E-state index >= 15 is 0 Å². The molecule has 0 radical (unpaired) electrons. The normalized spacial score (nSPS) is 17.4. The van der Waals surface area contributed by atoms with Gasteiger partial charge in [0.25, 0.3) is 0 Å². The molecular weight excluding hydrogens is 709 g/mol. The molecule has 0 unspecified atom stereocenters. The summed E-state index contributed by atoms with van der Waals surface area (Å²) in [6.45, 7) is 23.1. The lowest BCUT2D eigenvalue weighted by atomic mass is 9.59. The van der Waals surface area contributed by atoms with E-state index < -0.39 is 19.4 Å². The highest BCUT2D eigenvalue weighted by Crippen LogP contribution is 2.68. The van der Waals surface area contributed by atoms with Crippen molar-refractivity contribution < 1.29 is 17.5 Å². The maximum Gasteiger partial charge on any atom is 0.243 e. The Morgan fingerprint density at radius 2 is 1.28 bits per heavy atom. The summed E-state index contributed by atoms with van der Waals surface area (Å²) in [5, 5.41) is 0. The quantitative estimate of drug-likeness (QED) is 0.132. The van der Waals surface area contributed by atoms with Crippen LogP contribution in [-0.4, -0.2) is 18.2 Å². The fourth-order valence-electron chi connectivity index (χ4n) is 9.60. The number of hydrogen-bond donors (Lipinski definition) is 0. The van der Waals surface area contributed by atoms with Crippen LogP contribution in [0.15, 0.2) is 97.3 Å². The van der Waals surface area contributed by atoms with E-state index in [0.29, 0.717) is 22.9 Å². The Balaban J connectivity index is 1.38. The number of imidazole rings is 1. The molecule has 1 spiro atoms. The molecule has 0 atom stereocenters. The van der Waals surface area contributed by atoms with Crippen LogP contribution in [0.5, 0.6) is 11.5 Å². The molecule has 5 heteroatoms. The van der Waals surface area contributed by atoms with Crippen LogP contribution in [0.2, 0.25) is 0 Å². The van der Waals surface area contributed by atoms with Crippen LogP contribution in [-0.2, 0) is 34.1 Å². The van der Waals surface area contributed by atoms with Crippen molar-refractivity contribution in [3.05, 3.63) is 148 Å². The number of nitrogens with zero attached hydrogens (tertiary/aromatic N) is 4. The van der Waals surface area contributed by atoms with Crippen LogP contribution < -0.4 is 19.1 Å². The van der Waals surface area contributed by atoms with Crippen LogP contribution in [0.3, 0.4) is 0 Å². The predicted octanol–water partition coefficient (Wildman–Crippen LogP) is 12.3. The Hall–Kier alpha value is -5.29. The highest BCUT2D eigenvalue weighted by molar-refractivity contribution is 6.00. The van der Waals surface area contributed by atoms with Gasteiger partial charge in [0.1, 0.15) is 11.5 Å². The SMILES string of the molecule is [2H]C([2H])([2H])N1CN2c3cc(Oc4cccc(-n5[c-][n+](C([2H])([2H])[2H])cc5)c4)ccc3C3(c4cccc1c42)c1c(cc(C(C)(C)C)cc1C(C)(C)C)-c1cc(C(C)(C)C)cc(C(C)(C)C)c13. The van der Waals surface area contributed by atoms with Crippen LogP contribution in [0.1, 0.15) is 136 Å². The molecule has 5 aromatic carbocycles. The minimum absolute atomic E-state index is 0.131. The van der Waals surface area contributed by atoms with Crippen molar-refractivity contribution in [3.63, 3.8) is 0 Å². The van der Waals surface area contributed by atoms with Gasteiger partial charge in [-0.3, -0.25) is 0 Å². The molecule has 0 N–H and O–H groups in total. The number of aromatic nitrogens is 2. The molecule has 0 bridgehead atoms. The minimum Gasteiger partial charge on any atom is -0.458 e. The lowest BCUT2D eigenvalue weighted by Gasteiger charge is -2.46. The highest BCUT2D eigenvalue weighted by Gasteiger charge is 2.57. The van der Waals surface area contributed by atoms with Gasteiger partial charge in [0.15, 0.2) is 0 Å². The molecule has 9 rings (SSSR count). The number of hydrogen-bond acceptors (Lipinski definition) is 3. The Labute approximate surface area is 355 Å². The van der Waals surface area contributed by atoms with E-state index in [4.69, 9.17) is 13.0 Å².